The van der Waals surface area contributed by atoms with Gasteiger partial charge in [0, 0.05) is 39.3 Å². The van der Waals surface area contributed by atoms with E-state index in [-0.39, 0.29) is 24.0 Å². The molecule has 0 spiro atoms. The number of aliphatic imine (C=N–C) groups is 1. The summed E-state index contributed by atoms with van der Waals surface area (Å²) in [7, 11) is 0. The average Bonchev–Trinajstić information content (AvgIpc) is 2.85. The summed E-state index contributed by atoms with van der Waals surface area (Å²) in [6, 6.07) is 0. The van der Waals surface area contributed by atoms with Crippen LogP contribution in [0.1, 0.15) is 32.6 Å². The van der Waals surface area contributed by atoms with Gasteiger partial charge in [0.05, 0.1) is 19.8 Å². The van der Waals surface area contributed by atoms with Gasteiger partial charge in [-0.3, -0.25) is 9.89 Å². The van der Waals surface area contributed by atoms with Crippen molar-refractivity contribution in [2.75, 3.05) is 72.1 Å². The quantitative estimate of drug-likeness (QED) is 0.347. The first kappa shape index (κ1) is 21.9. The molecule has 0 aliphatic carbocycles. The van der Waals surface area contributed by atoms with Crippen molar-refractivity contribution in [1.29, 1.82) is 0 Å². The fourth-order valence-corrected chi connectivity index (χ4v) is 3.16. The Morgan fingerprint density at radius 3 is 2.25 bits per heavy atom. The molecule has 2 fully saturated rings. The first-order valence-corrected chi connectivity index (χ1v) is 9.43. The molecule has 2 N–H and O–H groups in total. The molecule has 24 heavy (non-hydrogen) atoms. The van der Waals surface area contributed by atoms with Crippen LogP contribution in [0, 0.1) is 0 Å². The van der Waals surface area contributed by atoms with Crippen molar-refractivity contribution >= 4 is 29.9 Å². The molecule has 6 nitrogen and oxygen atoms in total. The minimum Gasteiger partial charge on any atom is -0.379 e. The van der Waals surface area contributed by atoms with Crippen molar-refractivity contribution < 1.29 is 4.74 Å². The first-order chi connectivity index (χ1) is 11.4. The second kappa shape index (κ2) is 14.1. The third kappa shape index (κ3) is 9.39. The van der Waals surface area contributed by atoms with Crippen LogP contribution in [-0.4, -0.2) is 87.9 Å². The van der Waals surface area contributed by atoms with Crippen LogP contribution in [0.2, 0.25) is 0 Å². The molecular weight excluding hydrogens is 417 g/mol. The summed E-state index contributed by atoms with van der Waals surface area (Å²) in [5.41, 5.74) is 0. The van der Waals surface area contributed by atoms with E-state index in [1.807, 2.05) is 0 Å². The van der Waals surface area contributed by atoms with Gasteiger partial charge in [-0.2, -0.15) is 0 Å². The van der Waals surface area contributed by atoms with Crippen LogP contribution in [0.15, 0.2) is 4.99 Å². The van der Waals surface area contributed by atoms with Gasteiger partial charge in [0.1, 0.15) is 0 Å². The molecule has 142 valence electrons. The van der Waals surface area contributed by atoms with Crippen LogP contribution in [0.25, 0.3) is 0 Å². The Hall–Kier alpha value is -0.120. The normalized spacial score (nSPS) is 21.0. The Morgan fingerprint density at radius 2 is 1.58 bits per heavy atom. The smallest absolute Gasteiger partial charge is 0.191 e. The summed E-state index contributed by atoms with van der Waals surface area (Å²) in [4.78, 5) is 9.71. The van der Waals surface area contributed by atoms with Crippen molar-refractivity contribution in [3.8, 4) is 0 Å². The van der Waals surface area contributed by atoms with Gasteiger partial charge >= 0.3 is 0 Å². The van der Waals surface area contributed by atoms with Crippen LogP contribution >= 0.6 is 24.0 Å². The molecule has 7 heteroatoms. The van der Waals surface area contributed by atoms with Crippen molar-refractivity contribution in [1.82, 2.24) is 20.4 Å². The molecule has 0 radical (unpaired) electrons. The third-order valence-electron chi connectivity index (χ3n) is 4.55. The number of hydrogen-bond donors (Lipinski definition) is 2. The maximum atomic E-state index is 5.38. The van der Waals surface area contributed by atoms with Gasteiger partial charge in [-0.1, -0.05) is 12.8 Å². The van der Waals surface area contributed by atoms with Crippen LogP contribution in [0.3, 0.4) is 0 Å². The van der Waals surface area contributed by atoms with Gasteiger partial charge in [0.2, 0.25) is 0 Å². The number of guanidine groups is 1. The molecule has 2 aliphatic heterocycles. The van der Waals surface area contributed by atoms with E-state index in [4.69, 9.17) is 9.73 Å². The van der Waals surface area contributed by atoms with Crippen LogP contribution in [0.4, 0.5) is 0 Å². The molecule has 0 aromatic rings. The van der Waals surface area contributed by atoms with E-state index in [9.17, 15) is 0 Å². The van der Waals surface area contributed by atoms with Crippen LogP contribution in [0.5, 0.6) is 0 Å². The first-order valence-electron chi connectivity index (χ1n) is 9.43. The molecule has 0 unspecified atom stereocenters. The lowest BCUT2D eigenvalue weighted by atomic mass is 10.2. The van der Waals surface area contributed by atoms with Gasteiger partial charge in [-0.25, -0.2) is 0 Å². The predicted molar refractivity (Wildman–Crippen MR) is 112 cm³/mol. The molecule has 0 amide bonds. The Bertz CT molecular complexity index is 329. The van der Waals surface area contributed by atoms with E-state index in [0.29, 0.717) is 0 Å². The summed E-state index contributed by atoms with van der Waals surface area (Å²) in [5.74, 6) is 0.954. The van der Waals surface area contributed by atoms with E-state index in [1.165, 1.54) is 38.8 Å². The fourth-order valence-electron chi connectivity index (χ4n) is 3.16. The maximum Gasteiger partial charge on any atom is 0.191 e. The predicted octanol–water partition coefficient (Wildman–Crippen LogP) is 1.37. The largest absolute Gasteiger partial charge is 0.379 e. The number of rotatable bonds is 7. The highest BCUT2D eigenvalue weighted by Gasteiger charge is 2.10. The highest BCUT2D eigenvalue weighted by molar-refractivity contribution is 14.0. The molecule has 2 aliphatic rings. The third-order valence-corrected chi connectivity index (χ3v) is 4.55. The lowest BCUT2D eigenvalue weighted by Crippen LogP contribution is -2.42. The average molecular weight is 453 g/mol. The van der Waals surface area contributed by atoms with Crippen molar-refractivity contribution in [2.24, 2.45) is 4.99 Å². The second-order valence-electron chi connectivity index (χ2n) is 6.40. The highest BCUT2D eigenvalue weighted by Crippen LogP contribution is 2.08. The van der Waals surface area contributed by atoms with Crippen molar-refractivity contribution in [3.05, 3.63) is 0 Å². The van der Waals surface area contributed by atoms with Gasteiger partial charge in [-0.15, -0.1) is 24.0 Å². The van der Waals surface area contributed by atoms with Gasteiger partial charge in [0.25, 0.3) is 0 Å². The maximum absolute atomic E-state index is 5.38. The molecule has 2 saturated heterocycles. The van der Waals surface area contributed by atoms with E-state index >= 15 is 0 Å². The number of hydrogen-bond acceptors (Lipinski definition) is 4. The Balaban J connectivity index is 0.00000288. The monoisotopic (exact) mass is 453 g/mol. The molecule has 0 saturated carbocycles. The molecule has 0 bridgehead atoms. The summed E-state index contributed by atoms with van der Waals surface area (Å²) < 4.78 is 5.38. The number of halogens is 1. The second-order valence-corrected chi connectivity index (χ2v) is 6.40. The standard InChI is InChI=1S/C17H35N5O.HI/c1-2-18-17(20-8-12-22-13-15-23-16-14-22)19-7-11-21-9-5-3-4-6-10-21;/h2-16H2,1H3,(H2,18,19,20);1H. The van der Waals surface area contributed by atoms with E-state index in [2.05, 4.69) is 27.4 Å². The fraction of sp³-hybridized carbons (Fsp3) is 0.941. The topological polar surface area (TPSA) is 52.1 Å². The number of nitrogens with zero attached hydrogens (tertiary/aromatic N) is 3. The van der Waals surface area contributed by atoms with E-state index in [0.717, 1.165) is 65.0 Å². The molecule has 0 aromatic carbocycles. The molecular formula is C17H36IN5O. The Morgan fingerprint density at radius 1 is 0.917 bits per heavy atom. The molecule has 0 aromatic heterocycles. The number of likely N-dealkylation sites (tertiary alicyclic amines) is 1. The Labute approximate surface area is 164 Å². The SMILES string of the molecule is CCNC(=NCCN1CCOCC1)NCCN1CCCCCC1.I. The van der Waals surface area contributed by atoms with E-state index < -0.39 is 0 Å². The zero-order valence-corrected chi connectivity index (χ0v) is 17.6. The number of morpholine rings is 1. The van der Waals surface area contributed by atoms with Crippen molar-refractivity contribution in [2.45, 2.75) is 32.6 Å². The van der Waals surface area contributed by atoms with Crippen LogP contribution in [-0.2, 0) is 4.74 Å². The lowest BCUT2D eigenvalue weighted by Gasteiger charge is -2.26. The van der Waals surface area contributed by atoms with Crippen LogP contribution < -0.4 is 10.6 Å². The van der Waals surface area contributed by atoms with E-state index in [1.54, 1.807) is 0 Å². The minimum absolute atomic E-state index is 0. The molecule has 0 atom stereocenters. The summed E-state index contributed by atoms with van der Waals surface area (Å²) in [6.07, 6.45) is 5.51. The molecule has 2 heterocycles. The summed E-state index contributed by atoms with van der Waals surface area (Å²) in [6.45, 7) is 13.3. The van der Waals surface area contributed by atoms with Gasteiger partial charge in [-0.05, 0) is 32.9 Å². The number of ether oxygens (including phenoxy) is 1. The zero-order chi connectivity index (χ0) is 16.2. The zero-order valence-electron chi connectivity index (χ0n) is 15.3. The minimum atomic E-state index is 0. The Kier molecular flexibility index (Phi) is 12.9. The highest BCUT2D eigenvalue weighted by atomic mass is 127. The van der Waals surface area contributed by atoms with Gasteiger partial charge in [0.15, 0.2) is 5.96 Å². The lowest BCUT2D eigenvalue weighted by molar-refractivity contribution is 0.0394. The molecule has 2 rings (SSSR count). The summed E-state index contributed by atoms with van der Waals surface area (Å²) >= 11 is 0. The number of nitrogens with one attached hydrogen (secondary N) is 2. The summed E-state index contributed by atoms with van der Waals surface area (Å²) in [5, 5.41) is 6.83. The van der Waals surface area contributed by atoms with Gasteiger partial charge < -0.3 is 20.3 Å². The van der Waals surface area contributed by atoms with Crippen molar-refractivity contribution in [3.63, 3.8) is 0 Å².